The summed E-state index contributed by atoms with van der Waals surface area (Å²) in [5, 5.41) is 17.3. The molecular weight excluding hydrogens is 290 g/mol. The molecule has 0 radical (unpaired) electrons. The number of nitrogens with two attached hydrogens (primary N) is 1. The summed E-state index contributed by atoms with van der Waals surface area (Å²) in [5.41, 5.74) is 8.58. The first-order chi connectivity index (χ1) is 11.2. The van der Waals surface area contributed by atoms with E-state index < -0.39 is 0 Å². The van der Waals surface area contributed by atoms with E-state index in [1.54, 1.807) is 30.5 Å². The van der Waals surface area contributed by atoms with Crippen molar-refractivity contribution >= 4 is 17.2 Å². The van der Waals surface area contributed by atoms with Crippen LogP contribution in [0.3, 0.4) is 0 Å². The van der Waals surface area contributed by atoms with Crippen LogP contribution in [0, 0.1) is 16.7 Å². The molecule has 6 nitrogen and oxygen atoms in total. The lowest BCUT2D eigenvalue weighted by Crippen LogP contribution is -2.36. The number of nitriles is 1. The van der Waals surface area contributed by atoms with Crippen LogP contribution in [0.5, 0.6) is 0 Å². The van der Waals surface area contributed by atoms with Crippen molar-refractivity contribution in [3.05, 3.63) is 53.2 Å². The number of rotatable bonds is 3. The number of benzene rings is 1. The minimum Gasteiger partial charge on any atom is -0.398 e. The highest BCUT2D eigenvalue weighted by Gasteiger charge is 2.15. The second-order valence-corrected chi connectivity index (χ2v) is 5.29. The Morgan fingerprint density at radius 1 is 1.26 bits per heavy atom. The molecule has 23 heavy (non-hydrogen) atoms. The van der Waals surface area contributed by atoms with Crippen molar-refractivity contribution in [1.29, 1.82) is 10.7 Å². The van der Waals surface area contributed by atoms with Gasteiger partial charge >= 0.3 is 0 Å². The number of morpholine rings is 1. The minimum atomic E-state index is 0.323. The van der Waals surface area contributed by atoms with Crippen molar-refractivity contribution in [1.82, 2.24) is 4.98 Å². The third kappa shape index (κ3) is 3.15. The lowest BCUT2D eigenvalue weighted by atomic mass is 10.00. The fraction of sp³-hybridized carbons (Fsp3) is 0.235. The summed E-state index contributed by atoms with van der Waals surface area (Å²) in [5.74, 6) is 0.836. The average molecular weight is 307 g/mol. The van der Waals surface area contributed by atoms with Gasteiger partial charge in [-0.05, 0) is 30.3 Å². The zero-order chi connectivity index (χ0) is 16.2. The van der Waals surface area contributed by atoms with Gasteiger partial charge in [-0.1, -0.05) is 0 Å². The Morgan fingerprint density at radius 3 is 2.74 bits per heavy atom. The molecule has 1 fully saturated rings. The lowest BCUT2D eigenvalue weighted by Gasteiger charge is -2.28. The number of nitrogens with zero attached hydrogens (tertiary/aromatic N) is 3. The first-order valence-electron chi connectivity index (χ1n) is 7.36. The van der Waals surface area contributed by atoms with Crippen LogP contribution in [-0.4, -0.2) is 37.0 Å². The first kappa shape index (κ1) is 15.0. The maximum absolute atomic E-state index is 8.91. The second kappa shape index (κ2) is 6.46. The lowest BCUT2D eigenvalue weighted by molar-refractivity contribution is 0.122. The minimum absolute atomic E-state index is 0.323. The number of ether oxygens (including phenoxy) is 1. The van der Waals surface area contributed by atoms with Crippen LogP contribution in [0.25, 0.3) is 0 Å². The van der Waals surface area contributed by atoms with Gasteiger partial charge in [-0.25, -0.2) is 4.98 Å². The van der Waals surface area contributed by atoms with Crippen molar-refractivity contribution < 1.29 is 4.74 Å². The summed E-state index contributed by atoms with van der Waals surface area (Å²) in [7, 11) is 0. The van der Waals surface area contributed by atoms with Gasteiger partial charge in [0.05, 0.1) is 30.6 Å². The summed E-state index contributed by atoms with van der Waals surface area (Å²) < 4.78 is 5.35. The Labute approximate surface area is 134 Å². The SMILES string of the molecule is N#Cc1ccc(C(=N)c2ccnc(N3CCOCC3)c2)c(N)c1. The quantitative estimate of drug-likeness (QED) is 0.665. The summed E-state index contributed by atoms with van der Waals surface area (Å²) in [6, 6.07) is 10.7. The van der Waals surface area contributed by atoms with E-state index in [1.165, 1.54) is 0 Å². The van der Waals surface area contributed by atoms with Crippen LogP contribution in [0.4, 0.5) is 11.5 Å². The number of pyridine rings is 1. The smallest absolute Gasteiger partial charge is 0.129 e. The van der Waals surface area contributed by atoms with Crippen LogP contribution in [0.1, 0.15) is 16.7 Å². The molecule has 1 aromatic heterocycles. The number of anilines is 2. The predicted molar refractivity (Wildman–Crippen MR) is 88.8 cm³/mol. The van der Waals surface area contributed by atoms with Crippen molar-refractivity contribution in [2.75, 3.05) is 36.9 Å². The molecular formula is C17H17N5O. The van der Waals surface area contributed by atoms with Gasteiger partial charge in [0.1, 0.15) is 5.82 Å². The number of nitrogen functional groups attached to an aromatic ring is 1. The van der Waals surface area contributed by atoms with Crippen LogP contribution < -0.4 is 10.6 Å². The molecule has 1 aliphatic rings. The van der Waals surface area contributed by atoms with Gasteiger partial charge in [0.2, 0.25) is 0 Å². The van der Waals surface area contributed by atoms with E-state index in [2.05, 4.69) is 9.88 Å². The molecule has 1 saturated heterocycles. The monoisotopic (exact) mass is 307 g/mol. The Morgan fingerprint density at radius 2 is 2.04 bits per heavy atom. The maximum Gasteiger partial charge on any atom is 0.129 e. The Kier molecular flexibility index (Phi) is 4.22. The standard InChI is InChI=1S/C17H17N5O/c18-11-12-1-2-14(15(19)9-12)17(20)13-3-4-21-16(10-13)22-5-7-23-8-6-22/h1-4,9-10,20H,5-8,19H2. The molecule has 1 aliphatic heterocycles. The van der Waals surface area contributed by atoms with Gasteiger partial charge in [0, 0.05) is 36.1 Å². The van der Waals surface area contributed by atoms with E-state index in [0.717, 1.165) is 24.5 Å². The summed E-state index contributed by atoms with van der Waals surface area (Å²) in [6.07, 6.45) is 1.70. The Hall–Kier alpha value is -2.91. The third-order valence-corrected chi connectivity index (χ3v) is 3.82. The van der Waals surface area contributed by atoms with Crippen LogP contribution >= 0.6 is 0 Å². The Bertz CT molecular complexity index is 775. The zero-order valence-corrected chi connectivity index (χ0v) is 12.6. The molecule has 3 N–H and O–H groups in total. The molecule has 0 bridgehead atoms. The fourth-order valence-electron chi connectivity index (χ4n) is 2.55. The van der Waals surface area contributed by atoms with E-state index in [1.807, 2.05) is 12.1 Å². The third-order valence-electron chi connectivity index (χ3n) is 3.82. The molecule has 0 spiro atoms. The normalized spacial score (nSPS) is 14.3. The highest BCUT2D eigenvalue weighted by molar-refractivity contribution is 6.14. The van der Waals surface area contributed by atoms with E-state index in [-0.39, 0.29) is 0 Å². The number of aromatic nitrogens is 1. The first-order valence-corrected chi connectivity index (χ1v) is 7.36. The van der Waals surface area contributed by atoms with Crippen molar-refractivity contribution in [3.63, 3.8) is 0 Å². The highest BCUT2D eigenvalue weighted by atomic mass is 16.5. The van der Waals surface area contributed by atoms with Crippen LogP contribution in [0.15, 0.2) is 36.5 Å². The van der Waals surface area contributed by atoms with Gasteiger partial charge < -0.3 is 15.4 Å². The van der Waals surface area contributed by atoms with E-state index in [0.29, 0.717) is 35.7 Å². The molecule has 3 rings (SSSR count). The summed E-state index contributed by atoms with van der Waals surface area (Å²) in [4.78, 5) is 6.53. The van der Waals surface area contributed by atoms with Gasteiger partial charge in [-0.2, -0.15) is 5.26 Å². The molecule has 0 amide bonds. The van der Waals surface area contributed by atoms with Gasteiger partial charge in [-0.3, -0.25) is 5.41 Å². The van der Waals surface area contributed by atoms with Crippen molar-refractivity contribution in [2.45, 2.75) is 0 Å². The summed E-state index contributed by atoms with van der Waals surface area (Å²) >= 11 is 0. The fourth-order valence-corrected chi connectivity index (χ4v) is 2.55. The van der Waals surface area contributed by atoms with E-state index in [4.69, 9.17) is 21.1 Å². The summed E-state index contributed by atoms with van der Waals surface area (Å²) in [6.45, 7) is 2.96. The molecule has 6 heteroatoms. The number of nitrogens with one attached hydrogen (secondary N) is 1. The van der Waals surface area contributed by atoms with Crippen molar-refractivity contribution in [2.24, 2.45) is 0 Å². The molecule has 2 heterocycles. The largest absolute Gasteiger partial charge is 0.398 e. The molecule has 0 unspecified atom stereocenters. The molecule has 0 saturated carbocycles. The number of hydrogen-bond acceptors (Lipinski definition) is 6. The van der Waals surface area contributed by atoms with E-state index >= 15 is 0 Å². The van der Waals surface area contributed by atoms with Gasteiger partial charge in [0.15, 0.2) is 0 Å². The Balaban J connectivity index is 1.89. The maximum atomic E-state index is 8.91. The molecule has 2 aromatic rings. The molecule has 0 atom stereocenters. The average Bonchev–Trinajstić information content (AvgIpc) is 2.62. The zero-order valence-electron chi connectivity index (χ0n) is 12.6. The molecule has 0 aliphatic carbocycles. The predicted octanol–water partition coefficient (Wildman–Crippen LogP) is 1.79. The van der Waals surface area contributed by atoms with Gasteiger partial charge in [0.25, 0.3) is 0 Å². The van der Waals surface area contributed by atoms with Crippen LogP contribution in [-0.2, 0) is 4.74 Å². The highest BCUT2D eigenvalue weighted by Crippen LogP contribution is 2.21. The topological polar surface area (TPSA) is 99.0 Å². The number of hydrogen-bond donors (Lipinski definition) is 2. The molecule has 116 valence electrons. The van der Waals surface area contributed by atoms with Crippen LogP contribution in [0.2, 0.25) is 0 Å². The second-order valence-electron chi connectivity index (χ2n) is 5.29. The van der Waals surface area contributed by atoms with Crippen molar-refractivity contribution in [3.8, 4) is 6.07 Å². The molecule has 1 aromatic carbocycles. The van der Waals surface area contributed by atoms with Gasteiger partial charge in [-0.15, -0.1) is 0 Å². The van der Waals surface area contributed by atoms with E-state index in [9.17, 15) is 0 Å².